The Balaban J connectivity index is 2.75. The zero-order chi connectivity index (χ0) is 4.57. The fourth-order valence-electron chi connectivity index (χ4n) is 0.160. The van der Waals surface area contributed by atoms with Crippen LogP contribution in [0.2, 0.25) is 0 Å². The number of carbonyl (C=O) groups excluding carboxylic acids is 1. The van der Waals surface area contributed by atoms with E-state index in [4.69, 9.17) is 5.11 Å². The third kappa shape index (κ3) is 0.190. The Bertz CT molecular complexity index is 113. The Kier molecular flexibility index (Phi) is 0.395. The lowest BCUT2D eigenvalue weighted by molar-refractivity contribution is -0.142. The minimum Gasteiger partial charge on any atom is -0.500 e. The summed E-state index contributed by atoms with van der Waals surface area (Å²) in [5, 5.41) is 8.10. The molecular weight excluding hydrogens is 84.0 g/mol. The first-order chi connectivity index (χ1) is 2.80. The van der Waals surface area contributed by atoms with E-state index in [1.54, 1.807) is 0 Å². The quantitative estimate of drug-likeness (QED) is 0.420. The number of hydrogen-bond acceptors (Lipinski definition) is 3. The molecule has 0 unspecified atom stereocenters. The number of carbonyl (C=O) groups is 1. The molecule has 0 spiro atoms. The van der Waals surface area contributed by atoms with Crippen molar-refractivity contribution in [1.29, 1.82) is 0 Å². The largest absolute Gasteiger partial charge is 0.500 e. The lowest BCUT2D eigenvalue weighted by Gasteiger charge is -2.03. The van der Waals surface area contributed by atoms with E-state index in [0.29, 0.717) is 0 Å². The Labute approximate surface area is 33.8 Å². The highest BCUT2D eigenvalue weighted by atomic mass is 16.6. The summed E-state index contributed by atoms with van der Waals surface area (Å²) in [6.07, 6.45) is 0.988. The van der Waals surface area contributed by atoms with Crippen molar-refractivity contribution in [1.82, 2.24) is 0 Å². The summed E-state index contributed by atoms with van der Waals surface area (Å²) in [4.78, 5) is 9.69. The highest BCUT2D eigenvalue weighted by Crippen LogP contribution is 2.03. The van der Waals surface area contributed by atoms with Crippen LogP contribution in [0, 0.1) is 0 Å². The number of aliphatic hydroxyl groups is 1. The molecule has 6 heavy (non-hydrogen) atoms. The van der Waals surface area contributed by atoms with Crippen molar-refractivity contribution in [2.75, 3.05) is 0 Å². The van der Waals surface area contributed by atoms with Gasteiger partial charge in [0.25, 0.3) is 0 Å². The number of cyclic esters (lactones) is 1. The van der Waals surface area contributed by atoms with Crippen molar-refractivity contribution in [3.05, 3.63) is 12.0 Å². The molecule has 0 atom stereocenters. The monoisotopic (exact) mass is 86.0 g/mol. The van der Waals surface area contributed by atoms with Crippen molar-refractivity contribution < 1.29 is 14.6 Å². The maximum atomic E-state index is 9.69. The van der Waals surface area contributed by atoms with Gasteiger partial charge in [-0.15, -0.1) is 0 Å². The summed E-state index contributed by atoms with van der Waals surface area (Å²) >= 11 is 0. The minimum atomic E-state index is -0.644. The molecule has 0 aliphatic carbocycles. The molecule has 0 aromatic rings. The Morgan fingerprint density at radius 1 is 1.83 bits per heavy atom. The van der Waals surface area contributed by atoms with E-state index in [1.807, 2.05) is 0 Å². The molecule has 0 bridgehead atoms. The van der Waals surface area contributed by atoms with Crippen molar-refractivity contribution in [2.24, 2.45) is 0 Å². The molecule has 0 amide bonds. The van der Waals surface area contributed by atoms with E-state index in [-0.39, 0.29) is 5.76 Å². The molecule has 0 saturated heterocycles. The van der Waals surface area contributed by atoms with Crippen LogP contribution in [-0.2, 0) is 9.53 Å². The molecule has 1 heterocycles. The van der Waals surface area contributed by atoms with Crippen LogP contribution in [0.5, 0.6) is 0 Å². The molecule has 1 N–H and O–H groups in total. The van der Waals surface area contributed by atoms with Gasteiger partial charge >= 0.3 is 5.97 Å². The Hall–Kier alpha value is -0.990. The first kappa shape index (κ1) is 3.21. The van der Waals surface area contributed by atoms with Gasteiger partial charge in [0.1, 0.15) is 6.26 Å². The molecule has 3 nitrogen and oxygen atoms in total. The normalized spacial score (nSPS) is 18.0. The predicted octanol–water partition coefficient (Wildman–Crippen LogP) is -0.0574. The van der Waals surface area contributed by atoms with E-state index in [2.05, 4.69) is 4.74 Å². The molecule has 0 aromatic carbocycles. The molecule has 0 radical (unpaired) electrons. The summed E-state index contributed by atoms with van der Waals surface area (Å²) in [7, 11) is 0. The van der Waals surface area contributed by atoms with E-state index >= 15 is 0 Å². The third-order valence-electron chi connectivity index (χ3n) is 0.487. The maximum absolute atomic E-state index is 9.69. The fraction of sp³-hybridized carbons (Fsp3) is 0. The maximum Gasteiger partial charge on any atom is 0.381 e. The van der Waals surface area contributed by atoms with Crippen LogP contribution in [0.1, 0.15) is 0 Å². The standard InChI is InChI=1S/C3H2O3/c4-2-1-6-3(2)5/h1,4H. The summed E-state index contributed by atoms with van der Waals surface area (Å²) in [5.41, 5.74) is 0. The van der Waals surface area contributed by atoms with Gasteiger partial charge < -0.3 is 9.84 Å². The van der Waals surface area contributed by atoms with Gasteiger partial charge in [-0.2, -0.15) is 0 Å². The molecule has 1 aliphatic heterocycles. The molecule has 0 saturated carbocycles. The first-order valence-corrected chi connectivity index (χ1v) is 1.41. The topological polar surface area (TPSA) is 46.5 Å². The molecule has 3 heteroatoms. The SMILES string of the molecule is O=C1OC=C1O. The highest BCUT2D eigenvalue weighted by Gasteiger charge is 2.17. The van der Waals surface area contributed by atoms with Gasteiger partial charge in [0.15, 0.2) is 0 Å². The second-order valence-electron chi connectivity index (χ2n) is 0.908. The predicted molar refractivity (Wildman–Crippen MR) is 16.8 cm³/mol. The van der Waals surface area contributed by atoms with Crippen LogP contribution < -0.4 is 0 Å². The van der Waals surface area contributed by atoms with Gasteiger partial charge in [-0.05, 0) is 0 Å². The fourth-order valence-corrected chi connectivity index (χ4v) is 0.160. The molecule has 0 aromatic heterocycles. The van der Waals surface area contributed by atoms with Crippen molar-refractivity contribution in [3.63, 3.8) is 0 Å². The highest BCUT2D eigenvalue weighted by molar-refractivity contribution is 5.90. The smallest absolute Gasteiger partial charge is 0.381 e. The number of ether oxygens (including phenoxy) is 1. The average molecular weight is 86.0 g/mol. The first-order valence-electron chi connectivity index (χ1n) is 1.41. The summed E-state index contributed by atoms with van der Waals surface area (Å²) in [6.45, 7) is 0. The number of aliphatic hydroxyl groups excluding tert-OH is 1. The van der Waals surface area contributed by atoms with E-state index in [9.17, 15) is 4.79 Å². The zero-order valence-corrected chi connectivity index (χ0v) is 2.84. The average Bonchev–Trinajstić information content (AvgIpc) is 1.61. The lowest BCUT2D eigenvalue weighted by Crippen LogP contribution is -2.12. The second-order valence-corrected chi connectivity index (χ2v) is 0.908. The van der Waals surface area contributed by atoms with Crippen LogP contribution >= 0.6 is 0 Å². The minimum absolute atomic E-state index is 0.296. The van der Waals surface area contributed by atoms with Crippen LogP contribution in [-0.4, -0.2) is 11.1 Å². The zero-order valence-electron chi connectivity index (χ0n) is 2.84. The van der Waals surface area contributed by atoms with E-state index in [0.717, 1.165) is 6.26 Å². The van der Waals surface area contributed by atoms with Crippen LogP contribution in [0.25, 0.3) is 0 Å². The molecular formula is C3H2O3. The Morgan fingerprint density at radius 3 is 2.33 bits per heavy atom. The molecule has 32 valence electrons. The second kappa shape index (κ2) is 0.739. The lowest BCUT2D eigenvalue weighted by atomic mass is 10.5. The Morgan fingerprint density at radius 2 is 2.33 bits per heavy atom. The van der Waals surface area contributed by atoms with Gasteiger partial charge in [0, 0.05) is 0 Å². The van der Waals surface area contributed by atoms with E-state index < -0.39 is 5.97 Å². The van der Waals surface area contributed by atoms with Gasteiger partial charge in [-0.3, -0.25) is 0 Å². The summed E-state index contributed by atoms with van der Waals surface area (Å²) < 4.78 is 3.99. The van der Waals surface area contributed by atoms with Gasteiger partial charge in [0.05, 0.1) is 0 Å². The number of hydrogen-bond donors (Lipinski definition) is 1. The summed E-state index contributed by atoms with van der Waals surface area (Å²) in [6, 6.07) is 0. The third-order valence-corrected chi connectivity index (χ3v) is 0.487. The van der Waals surface area contributed by atoms with E-state index in [1.165, 1.54) is 0 Å². The molecule has 1 aliphatic rings. The van der Waals surface area contributed by atoms with Gasteiger partial charge in [-0.1, -0.05) is 0 Å². The molecule has 0 fully saturated rings. The van der Waals surface area contributed by atoms with Gasteiger partial charge in [-0.25, -0.2) is 4.79 Å². The molecule has 1 rings (SSSR count). The van der Waals surface area contributed by atoms with Crippen LogP contribution in [0.4, 0.5) is 0 Å². The van der Waals surface area contributed by atoms with Crippen molar-refractivity contribution in [3.8, 4) is 0 Å². The van der Waals surface area contributed by atoms with Gasteiger partial charge in [0.2, 0.25) is 5.76 Å². The van der Waals surface area contributed by atoms with Crippen LogP contribution in [0.15, 0.2) is 12.0 Å². The number of esters is 1. The van der Waals surface area contributed by atoms with Crippen molar-refractivity contribution >= 4 is 5.97 Å². The number of rotatable bonds is 0. The summed E-state index contributed by atoms with van der Waals surface area (Å²) in [5.74, 6) is -0.940. The van der Waals surface area contributed by atoms with Crippen molar-refractivity contribution in [2.45, 2.75) is 0 Å². The van der Waals surface area contributed by atoms with Crippen LogP contribution in [0.3, 0.4) is 0 Å².